The van der Waals surface area contributed by atoms with Crippen LogP contribution in [0.15, 0.2) is 42.5 Å². The number of benzene rings is 2. The van der Waals surface area contributed by atoms with Crippen molar-refractivity contribution in [2.45, 2.75) is 13.3 Å². The third kappa shape index (κ3) is 3.57. The maximum Gasteiger partial charge on any atom is 0.169 e. The number of para-hydroxylation sites is 2. The molecule has 0 radical (unpaired) electrons. The molecule has 0 spiro atoms. The Bertz CT molecular complexity index is 569. The number of methoxy groups -OCH3 is 1. The second-order valence-electron chi connectivity index (χ2n) is 4.34. The first kappa shape index (κ1) is 14.1. The molecular formula is C16H19NO3. The van der Waals surface area contributed by atoms with Crippen molar-refractivity contribution in [1.29, 1.82) is 0 Å². The molecule has 0 aliphatic heterocycles. The molecule has 0 amide bonds. The third-order valence-electron chi connectivity index (χ3n) is 2.67. The van der Waals surface area contributed by atoms with Crippen molar-refractivity contribution >= 4 is 5.69 Å². The van der Waals surface area contributed by atoms with Gasteiger partial charge in [-0.1, -0.05) is 19.1 Å². The van der Waals surface area contributed by atoms with Crippen molar-refractivity contribution in [3.63, 3.8) is 0 Å². The molecule has 0 unspecified atom stereocenters. The van der Waals surface area contributed by atoms with Gasteiger partial charge in [0.05, 0.1) is 13.7 Å². The minimum Gasteiger partial charge on any atom is -0.493 e. The average molecular weight is 273 g/mol. The molecule has 2 N–H and O–H groups in total. The van der Waals surface area contributed by atoms with Gasteiger partial charge in [-0.15, -0.1) is 0 Å². The Morgan fingerprint density at radius 2 is 1.70 bits per heavy atom. The average Bonchev–Trinajstić information content (AvgIpc) is 2.45. The van der Waals surface area contributed by atoms with Gasteiger partial charge in [0.2, 0.25) is 0 Å². The van der Waals surface area contributed by atoms with Gasteiger partial charge in [0.25, 0.3) is 0 Å². The minimum absolute atomic E-state index is 0.600. The van der Waals surface area contributed by atoms with Crippen LogP contribution in [-0.4, -0.2) is 13.7 Å². The van der Waals surface area contributed by atoms with Crippen molar-refractivity contribution in [3.05, 3.63) is 42.5 Å². The monoisotopic (exact) mass is 273 g/mol. The molecule has 0 aliphatic rings. The van der Waals surface area contributed by atoms with Crippen molar-refractivity contribution in [1.82, 2.24) is 0 Å². The van der Waals surface area contributed by atoms with Crippen LogP contribution < -0.4 is 19.9 Å². The smallest absolute Gasteiger partial charge is 0.169 e. The van der Waals surface area contributed by atoms with Crippen LogP contribution >= 0.6 is 0 Å². The molecule has 2 aromatic carbocycles. The number of ether oxygens (including phenoxy) is 3. The summed E-state index contributed by atoms with van der Waals surface area (Å²) >= 11 is 0. The van der Waals surface area contributed by atoms with Crippen LogP contribution in [0.5, 0.6) is 23.0 Å². The summed E-state index contributed by atoms with van der Waals surface area (Å²) in [6.07, 6.45) is 0.942. The Morgan fingerprint density at radius 3 is 2.40 bits per heavy atom. The number of anilines is 1. The number of hydrogen-bond donors (Lipinski definition) is 1. The van der Waals surface area contributed by atoms with Crippen LogP contribution in [0.25, 0.3) is 0 Å². The van der Waals surface area contributed by atoms with Crippen LogP contribution in [0.1, 0.15) is 13.3 Å². The van der Waals surface area contributed by atoms with E-state index in [4.69, 9.17) is 19.9 Å². The molecule has 0 heterocycles. The lowest BCUT2D eigenvalue weighted by Gasteiger charge is -2.12. The van der Waals surface area contributed by atoms with E-state index in [2.05, 4.69) is 6.92 Å². The van der Waals surface area contributed by atoms with E-state index in [0.29, 0.717) is 35.3 Å². The summed E-state index contributed by atoms with van der Waals surface area (Å²) in [6.45, 7) is 2.70. The summed E-state index contributed by atoms with van der Waals surface area (Å²) in [5.41, 5.74) is 6.46. The molecule has 20 heavy (non-hydrogen) atoms. The molecule has 0 bridgehead atoms. The van der Waals surface area contributed by atoms with E-state index < -0.39 is 0 Å². The predicted octanol–water partition coefficient (Wildman–Crippen LogP) is 3.86. The number of nitrogens with two attached hydrogens (primary N) is 1. The van der Waals surface area contributed by atoms with Crippen LogP contribution in [0.4, 0.5) is 5.69 Å². The molecular weight excluding hydrogens is 254 g/mol. The highest BCUT2D eigenvalue weighted by molar-refractivity contribution is 5.52. The zero-order chi connectivity index (χ0) is 14.4. The highest BCUT2D eigenvalue weighted by Crippen LogP contribution is 2.33. The molecule has 2 aromatic rings. The summed E-state index contributed by atoms with van der Waals surface area (Å²) in [5.74, 6) is 2.64. The first-order chi connectivity index (χ1) is 9.72. The van der Waals surface area contributed by atoms with Crippen LogP contribution in [0.3, 0.4) is 0 Å². The summed E-state index contributed by atoms with van der Waals surface area (Å²) in [4.78, 5) is 0. The summed E-state index contributed by atoms with van der Waals surface area (Å²) in [6, 6.07) is 12.8. The fourth-order valence-electron chi connectivity index (χ4n) is 1.79. The Morgan fingerprint density at radius 1 is 1.00 bits per heavy atom. The van der Waals surface area contributed by atoms with E-state index in [0.717, 1.165) is 6.42 Å². The second kappa shape index (κ2) is 6.70. The maximum absolute atomic E-state index is 5.86. The maximum atomic E-state index is 5.86. The standard InChI is InChI=1S/C16H19NO3/c1-3-8-19-13-9-12(17)10-14(11-13)20-16-7-5-4-6-15(16)18-2/h4-7,9-11H,3,8,17H2,1-2H3. The van der Waals surface area contributed by atoms with E-state index in [9.17, 15) is 0 Å². The van der Waals surface area contributed by atoms with Gasteiger partial charge in [-0.3, -0.25) is 0 Å². The summed E-state index contributed by atoms with van der Waals surface area (Å²) < 4.78 is 16.7. The lowest BCUT2D eigenvalue weighted by atomic mass is 10.2. The highest BCUT2D eigenvalue weighted by Gasteiger charge is 2.06. The first-order valence-electron chi connectivity index (χ1n) is 6.57. The SMILES string of the molecule is CCCOc1cc(N)cc(Oc2ccccc2OC)c1. The highest BCUT2D eigenvalue weighted by atomic mass is 16.5. The van der Waals surface area contributed by atoms with E-state index in [-0.39, 0.29) is 0 Å². The normalized spacial score (nSPS) is 10.1. The number of hydrogen-bond acceptors (Lipinski definition) is 4. The predicted molar refractivity (Wildman–Crippen MR) is 79.7 cm³/mol. The van der Waals surface area contributed by atoms with Crippen LogP contribution in [-0.2, 0) is 0 Å². The Hall–Kier alpha value is -2.36. The largest absolute Gasteiger partial charge is 0.493 e. The first-order valence-corrected chi connectivity index (χ1v) is 6.57. The van der Waals surface area contributed by atoms with E-state index in [1.807, 2.05) is 30.3 Å². The van der Waals surface area contributed by atoms with Gasteiger partial charge in [-0.05, 0) is 18.6 Å². The topological polar surface area (TPSA) is 53.7 Å². The lowest BCUT2D eigenvalue weighted by molar-refractivity contribution is 0.315. The Balaban J connectivity index is 2.22. The van der Waals surface area contributed by atoms with Gasteiger partial charge < -0.3 is 19.9 Å². The lowest BCUT2D eigenvalue weighted by Crippen LogP contribution is -1.97. The fraction of sp³-hybridized carbons (Fsp3) is 0.250. The Labute approximate surface area is 119 Å². The molecule has 0 saturated heterocycles. The quantitative estimate of drug-likeness (QED) is 0.812. The van der Waals surface area contributed by atoms with E-state index >= 15 is 0 Å². The van der Waals surface area contributed by atoms with Crippen molar-refractivity contribution in [3.8, 4) is 23.0 Å². The van der Waals surface area contributed by atoms with Gasteiger partial charge in [-0.25, -0.2) is 0 Å². The molecule has 0 fully saturated rings. The van der Waals surface area contributed by atoms with Crippen LogP contribution in [0.2, 0.25) is 0 Å². The van der Waals surface area contributed by atoms with Gasteiger partial charge in [0.15, 0.2) is 11.5 Å². The zero-order valence-corrected chi connectivity index (χ0v) is 11.8. The third-order valence-corrected chi connectivity index (χ3v) is 2.67. The molecule has 4 nitrogen and oxygen atoms in total. The molecule has 0 aromatic heterocycles. The van der Waals surface area contributed by atoms with Gasteiger partial charge in [0, 0.05) is 23.9 Å². The molecule has 4 heteroatoms. The molecule has 0 atom stereocenters. The van der Waals surface area contributed by atoms with E-state index in [1.54, 1.807) is 19.2 Å². The molecule has 106 valence electrons. The zero-order valence-electron chi connectivity index (χ0n) is 11.8. The fourth-order valence-corrected chi connectivity index (χ4v) is 1.79. The van der Waals surface area contributed by atoms with E-state index in [1.165, 1.54) is 0 Å². The van der Waals surface area contributed by atoms with Gasteiger partial charge in [-0.2, -0.15) is 0 Å². The summed E-state index contributed by atoms with van der Waals surface area (Å²) in [5, 5.41) is 0. The van der Waals surface area contributed by atoms with Gasteiger partial charge in [0.1, 0.15) is 11.5 Å². The number of nitrogen functional groups attached to an aromatic ring is 1. The second-order valence-corrected chi connectivity index (χ2v) is 4.34. The Kier molecular flexibility index (Phi) is 4.71. The van der Waals surface area contributed by atoms with Gasteiger partial charge >= 0.3 is 0 Å². The summed E-state index contributed by atoms with van der Waals surface area (Å²) in [7, 11) is 1.61. The molecule has 0 saturated carbocycles. The van der Waals surface area contributed by atoms with Crippen LogP contribution in [0, 0.1) is 0 Å². The van der Waals surface area contributed by atoms with Crippen molar-refractivity contribution < 1.29 is 14.2 Å². The van der Waals surface area contributed by atoms with Crippen molar-refractivity contribution in [2.24, 2.45) is 0 Å². The molecule has 2 rings (SSSR count). The van der Waals surface area contributed by atoms with Crippen molar-refractivity contribution in [2.75, 3.05) is 19.5 Å². The molecule has 0 aliphatic carbocycles. The minimum atomic E-state index is 0.600. The number of rotatable bonds is 6.